The second-order valence-electron chi connectivity index (χ2n) is 4.79. The Balaban J connectivity index is 1.66. The van der Waals surface area contributed by atoms with Gasteiger partial charge in [0, 0.05) is 28.9 Å². The van der Waals surface area contributed by atoms with Gasteiger partial charge in [0.05, 0.1) is 6.26 Å². The summed E-state index contributed by atoms with van der Waals surface area (Å²) in [5.74, 6) is 0.0466. The van der Waals surface area contributed by atoms with Crippen LogP contribution in [0.4, 0.5) is 5.69 Å². The summed E-state index contributed by atoms with van der Waals surface area (Å²) in [6.45, 7) is 1.34. The van der Waals surface area contributed by atoms with E-state index in [1.54, 1.807) is 13.0 Å². The molecule has 1 aromatic carbocycles. The number of ether oxygens (including phenoxy) is 1. The number of rotatable bonds is 4. The van der Waals surface area contributed by atoms with E-state index < -0.39 is 0 Å². The fourth-order valence-corrected chi connectivity index (χ4v) is 2.14. The van der Waals surface area contributed by atoms with Crippen molar-refractivity contribution in [1.82, 2.24) is 4.98 Å². The summed E-state index contributed by atoms with van der Waals surface area (Å²) in [4.78, 5) is 26.6. The summed E-state index contributed by atoms with van der Waals surface area (Å²) in [7, 11) is 0. The number of amides is 1. The Bertz CT molecular complexity index is 879. The normalized spacial score (nSPS) is 10.6. The number of carbonyl (C=O) groups is 1. The second-order valence-corrected chi connectivity index (χ2v) is 4.79. The fraction of sp³-hybridized carbons (Fsp3) is 0.125. The molecule has 0 saturated carbocycles. The average molecular weight is 298 g/mol. The molecule has 3 aromatic rings. The standard InChI is InChI=1S/C16H14N2O4/c1-10-16(14(19)5-7-21-10)22-9-15(20)18-12-2-3-13-11(8-12)4-6-17-13/h2-8,17H,9H2,1H3,(H,18,20). The lowest BCUT2D eigenvalue weighted by Gasteiger charge is -2.08. The Kier molecular flexibility index (Phi) is 3.65. The molecule has 2 aromatic heterocycles. The fourth-order valence-electron chi connectivity index (χ4n) is 2.14. The van der Waals surface area contributed by atoms with Crippen LogP contribution in [0.25, 0.3) is 10.9 Å². The second kappa shape index (κ2) is 5.77. The van der Waals surface area contributed by atoms with Crippen LogP contribution in [0, 0.1) is 6.92 Å². The Labute approximate surface area is 125 Å². The van der Waals surface area contributed by atoms with Gasteiger partial charge in [-0.3, -0.25) is 9.59 Å². The molecule has 0 unspecified atom stereocenters. The number of hydrogen-bond donors (Lipinski definition) is 2. The van der Waals surface area contributed by atoms with Gasteiger partial charge in [-0.05, 0) is 31.2 Å². The summed E-state index contributed by atoms with van der Waals surface area (Å²) in [5.41, 5.74) is 1.34. The Hall–Kier alpha value is -3.02. The molecule has 112 valence electrons. The topological polar surface area (TPSA) is 84.3 Å². The minimum Gasteiger partial charge on any atom is -0.476 e. The zero-order chi connectivity index (χ0) is 15.5. The molecule has 0 aliphatic carbocycles. The van der Waals surface area contributed by atoms with Crippen molar-refractivity contribution in [3.8, 4) is 5.75 Å². The van der Waals surface area contributed by atoms with Crippen molar-refractivity contribution in [2.45, 2.75) is 6.92 Å². The van der Waals surface area contributed by atoms with Crippen molar-refractivity contribution in [1.29, 1.82) is 0 Å². The first-order valence-electron chi connectivity index (χ1n) is 6.72. The summed E-state index contributed by atoms with van der Waals surface area (Å²) in [6, 6.07) is 8.69. The molecular formula is C16H14N2O4. The van der Waals surface area contributed by atoms with Crippen molar-refractivity contribution >= 4 is 22.5 Å². The van der Waals surface area contributed by atoms with Crippen molar-refractivity contribution in [3.05, 3.63) is 58.8 Å². The smallest absolute Gasteiger partial charge is 0.262 e. The van der Waals surface area contributed by atoms with Gasteiger partial charge in [-0.15, -0.1) is 0 Å². The number of fused-ring (bicyclic) bond motifs is 1. The SMILES string of the molecule is Cc1occc(=O)c1OCC(=O)Nc1ccc2[nH]ccc2c1. The summed E-state index contributed by atoms with van der Waals surface area (Å²) >= 11 is 0. The molecule has 0 atom stereocenters. The van der Waals surface area contributed by atoms with Crippen LogP contribution in [0.1, 0.15) is 5.76 Å². The molecule has 0 radical (unpaired) electrons. The highest BCUT2D eigenvalue weighted by molar-refractivity contribution is 5.94. The molecule has 2 heterocycles. The molecule has 22 heavy (non-hydrogen) atoms. The minimum atomic E-state index is -0.350. The van der Waals surface area contributed by atoms with Gasteiger partial charge in [-0.2, -0.15) is 0 Å². The van der Waals surface area contributed by atoms with Crippen LogP contribution in [-0.4, -0.2) is 17.5 Å². The lowest BCUT2D eigenvalue weighted by molar-refractivity contribution is -0.118. The zero-order valence-electron chi connectivity index (χ0n) is 11.9. The molecule has 0 spiro atoms. The predicted octanol–water partition coefficient (Wildman–Crippen LogP) is 2.45. The van der Waals surface area contributed by atoms with Crippen LogP contribution >= 0.6 is 0 Å². The quantitative estimate of drug-likeness (QED) is 0.775. The van der Waals surface area contributed by atoms with Crippen LogP contribution in [0.15, 0.2) is 52.0 Å². The van der Waals surface area contributed by atoms with Gasteiger partial charge in [0.15, 0.2) is 6.61 Å². The maximum atomic E-state index is 11.9. The molecule has 2 N–H and O–H groups in total. The molecule has 0 aliphatic heterocycles. The number of hydrogen-bond acceptors (Lipinski definition) is 4. The van der Waals surface area contributed by atoms with E-state index in [9.17, 15) is 9.59 Å². The number of nitrogens with one attached hydrogen (secondary N) is 2. The summed E-state index contributed by atoms with van der Waals surface area (Å²) in [5, 5.41) is 3.72. The average Bonchev–Trinajstić information content (AvgIpc) is 2.94. The Morgan fingerprint density at radius 3 is 3.00 bits per heavy atom. The highest BCUT2D eigenvalue weighted by Gasteiger charge is 2.10. The molecule has 0 aliphatic rings. The first-order chi connectivity index (χ1) is 10.6. The minimum absolute atomic E-state index is 0.0544. The first-order valence-corrected chi connectivity index (χ1v) is 6.72. The van der Waals surface area contributed by atoms with Crippen molar-refractivity contribution in [2.75, 3.05) is 11.9 Å². The molecule has 1 amide bonds. The van der Waals surface area contributed by atoms with Crippen LogP contribution in [0.3, 0.4) is 0 Å². The van der Waals surface area contributed by atoms with E-state index in [0.717, 1.165) is 10.9 Å². The van der Waals surface area contributed by atoms with Gasteiger partial charge >= 0.3 is 0 Å². The van der Waals surface area contributed by atoms with E-state index in [4.69, 9.17) is 9.15 Å². The van der Waals surface area contributed by atoms with E-state index in [1.165, 1.54) is 12.3 Å². The van der Waals surface area contributed by atoms with E-state index in [-0.39, 0.29) is 23.7 Å². The lowest BCUT2D eigenvalue weighted by Crippen LogP contribution is -2.22. The molecule has 0 bridgehead atoms. The molecule has 6 heteroatoms. The summed E-state index contributed by atoms with van der Waals surface area (Å²) < 4.78 is 10.3. The van der Waals surface area contributed by atoms with Gasteiger partial charge in [0.1, 0.15) is 5.76 Å². The molecule has 0 fully saturated rings. The highest BCUT2D eigenvalue weighted by atomic mass is 16.5. The lowest BCUT2D eigenvalue weighted by atomic mass is 10.2. The molecular weight excluding hydrogens is 284 g/mol. The van der Waals surface area contributed by atoms with Gasteiger partial charge in [-0.1, -0.05) is 0 Å². The Morgan fingerprint density at radius 1 is 1.32 bits per heavy atom. The number of aryl methyl sites for hydroxylation is 1. The highest BCUT2D eigenvalue weighted by Crippen LogP contribution is 2.18. The number of carbonyl (C=O) groups excluding carboxylic acids is 1. The molecule has 0 saturated heterocycles. The predicted molar refractivity (Wildman–Crippen MR) is 82.1 cm³/mol. The largest absolute Gasteiger partial charge is 0.476 e. The summed E-state index contributed by atoms with van der Waals surface area (Å²) in [6.07, 6.45) is 3.12. The van der Waals surface area contributed by atoms with E-state index in [0.29, 0.717) is 11.4 Å². The third-order valence-corrected chi connectivity index (χ3v) is 3.19. The van der Waals surface area contributed by atoms with E-state index in [2.05, 4.69) is 10.3 Å². The first kappa shape index (κ1) is 13.9. The van der Waals surface area contributed by atoms with Crippen LogP contribution in [-0.2, 0) is 4.79 Å². The van der Waals surface area contributed by atoms with Crippen LogP contribution in [0.5, 0.6) is 5.75 Å². The third-order valence-electron chi connectivity index (χ3n) is 3.19. The van der Waals surface area contributed by atoms with E-state index in [1.807, 2.05) is 24.4 Å². The Morgan fingerprint density at radius 2 is 2.18 bits per heavy atom. The van der Waals surface area contributed by atoms with E-state index >= 15 is 0 Å². The van der Waals surface area contributed by atoms with Crippen molar-refractivity contribution in [2.24, 2.45) is 0 Å². The van der Waals surface area contributed by atoms with Crippen molar-refractivity contribution in [3.63, 3.8) is 0 Å². The van der Waals surface area contributed by atoms with Gasteiger partial charge in [0.2, 0.25) is 11.2 Å². The molecule has 3 rings (SSSR count). The maximum absolute atomic E-state index is 11.9. The number of anilines is 1. The monoisotopic (exact) mass is 298 g/mol. The third kappa shape index (κ3) is 2.85. The van der Waals surface area contributed by atoms with Crippen molar-refractivity contribution < 1.29 is 13.9 Å². The van der Waals surface area contributed by atoms with Gasteiger partial charge in [-0.25, -0.2) is 0 Å². The van der Waals surface area contributed by atoms with Crippen LogP contribution < -0.4 is 15.5 Å². The van der Waals surface area contributed by atoms with Gasteiger partial charge < -0.3 is 19.5 Å². The number of aromatic amines is 1. The maximum Gasteiger partial charge on any atom is 0.262 e. The number of H-pyrrole nitrogens is 1. The zero-order valence-corrected chi connectivity index (χ0v) is 11.9. The number of aromatic nitrogens is 1. The van der Waals surface area contributed by atoms with Crippen LogP contribution in [0.2, 0.25) is 0 Å². The number of benzene rings is 1. The molecule has 6 nitrogen and oxygen atoms in total. The van der Waals surface area contributed by atoms with Gasteiger partial charge in [0.25, 0.3) is 5.91 Å².